The second-order valence-corrected chi connectivity index (χ2v) is 5.17. The summed E-state index contributed by atoms with van der Waals surface area (Å²) in [6, 6.07) is 7.57. The summed E-state index contributed by atoms with van der Waals surface area (Å²) < 4.78 is 0.975. The first-order chi connectivity index (χ1) is 8.74. The Hall–Kier alpha value is -1.07. The number of halogens is 1. The maximum atomic E-state index is 12.0. The van der Waals surface area contributed by atoms with Gasteiger partial charge in [0, 0.05) is 24.2 Å². The Morgan fingerprint density at radius 2 is 2.22 bits per heavy atom. The molecule has 1 aliphatic heterocycles. The Morgan fingerprint density at radius 1 is 1.44 bits per heavy atom. The molecule has 5 heteroatoms. The van der Waals surface area contributed by atoms with Gasteiger partial charge < -0.3 is 15.3 Å². The molecule has 2 N–H and O–H groups in total. The summed E-state index contributed by atoms with van der Waals surface area (Å²) in [4.78, 5) is 14.1. The van der Waals surface area contributed by atoms with Crippen molar-refractivity contribution in [2.75, 3.05) is 24.6 Å². The molecule has 1 aromatic rings. The first-order valence-electron chi connectivity index (χ1n) is 6.14. The highest BCUT2D eigenvalue weighted by Gasteiger charge is 2.28. The van der Waals surface area contributed by atoms with Crippen molar-refractivity contribution in [3.05, 3.63) is 28.7 Å². The zero-order valence-electron chi connectivity index (χ0n) is 10.1. The van der Waals surface area contributed by atoms with E-state index in [1.54, 1.807) is 0 Å². The van der Waals surface area contributed by atoms with Crippen molar-refractivity contribution in [2.24, 2.45) is 0 Å². The van der Waals surface area contributed by atoms with E-state index >= 15 is 0 Å². The SMILES string of the molecule is O=C1NCCCN(c2ccccc2Br)C1CCO. The molecule has 0 spiro atoms. The van der Waals surface area contributed by atoms with E-state index in [1.807, 2.05) is 24.3 Å². The molecular weight excluding hydrogens is 296 g/mol. The summed E-state index contributed by atoms with van der Waals surface area (Å²) in [6.45, 7) is 1.52. The van der Waals surface area contributed by atoms with Crippen LogP contribution in [0.2, 0.25) is 0 Å². The van der Waals surface area contributed by atoms with Crippen LogP contribution in [0, 0.1) is 0 Å². The van der Waals surface area contributed by atoms with Gasteiger partial charge in [0.2, 0.25) is 5.91 Å². The minimum atomic E-state index is -0.295. The molecule has 0 aromatic heterocycles. The van der Waals surface area contributed by atoms with Crippen LogP contribution in [0.25, 0.3) is 0 Å². The van der Waals surface area contributed by atoms with Gasteiger partial charge in [-0.25, -0.2) is 0 Å². The van der Waals surface area contributed by atoms with Crippen molar-refractivity contribution in [1.82, 2.24) is 5.32 Å². The third-order valence-corrected chi connectivity index (χ3v) is 3.79. The number of amides is 1. The number of anilines is 1. The average Bonchev–Trinajstić information content (AvgIpc) is 2.54. The Morgan fingerprint density at radius 3 is 2.94 bits per heavy atom. The normalized spacial score (nSPS) is 20.4. The number of nitrogens with zero attached hydrogens (tertiary/aromatic N) is 1. The van der Waals surface area contributed by atoms with E-state index in [0.717, 1.165) is 23.1 Å². The number of aliphatic hydroxyl groups excluding tert-OH is 1. The number of benzene rings is 1. The molecule has 1 fully saturated rings. The standard InChI is InChI=1S/C13H17BrN2O2/c14-10-4-1-2-5-11(10)16-8-3-7-15-13(18)12(16)6-9-17/h1-2,4-5,12,17H,3,6-9H2,(H,15,18). The maximum absolute atomic E-state index is 12.0. The molecule has 1 heterocycles. The fraction of sp³-hybridized carbons (Fsp3) is 0.462. The predicted octanol–water partition coefficient (Wildman–Crippen LogP) is 1.53. The van der Waals surface area contributed by atoms with Crippen LogP contribution in [0.3, 0.4) is 0 Å². The fourth-order valence-corrected chi connectivity index (χ4v) is 2.77. The zero-order chi connectivity index (χ0) is 13.0. The number of aliphatic hydroxyl groups is 1. The Bertz CT molecular complexity index is 425. The summed E-state index contributed by atoms with van der Waals surface area (Å²) in [7, 11) is 0. The lowest BCUT2D eigenvalue weighted by atomic mass is 10.1. The lowest BCUT2D eigenvalue weighted by Crippen LogP contribution is -2.45. The number of hydrogen-bond acceptors (Lipinski definition) is 3. The van der Waals surface area contributed by atoms with Crippen LogP contribution in [0.5, 0.6) is 0 Å². The van der Waals surface area contributed by atoms with E-state index in [2.05, 4.69) is 26.1 Å². The van der Waals surface area contributed by atoms with E-state index in [0.29, 0.717) is 13.0 Å². The summed E-state index contributed by atoms with van der Waals surface area (Å²) in [5, 5.41) is 12.0. The van der Waals surface area contributed by atoms with Gasteiger partial charge >= 0.3 is 0 Å². The molecule has 2 rings (SSSR count). The summed E-state index contributed by atoms with van der Waals surface area (Å²) in [6.07, 6.45) is 1.36. The van der Waals surface area contributed by atoms with E-state index in [9.17, 15) is 4.79 Å². The highest BCUT2D eigenvalue weighted by molar-refractivity contribution is 9.10. The number of nitrogens with one attached hydrogen (secondary N) is 1. The Kier molecular flexibility index (Phi) is 4.60. The topological polar surface area (TPSA) is 52.6 Å². The minimum Gasteiger partial charge on any atom is -0.396 e. The zero-order valence-corrected chi connectivity index (χ0v) is 11.7. The minimum absolute atomic E-state index is 0.00250. The van der Waals surface area contributed by atoms with Gasteiger partial charge in [0.25, 0.3) is 0 Å². The molecule has 1 unspecified atom stereocenters. The number of hydrogen-bond donors (Lipinski definition) is 2. The van der Waals surface area contributed by atoms with Crippen LogP contribution in [-0.2, 0) is 4.79 Å². The van der Waals surface area contributed by atoms with Crippen molar-refractivity contribution < 1.29 is 9.90 Å². The lowest BCUT2D eigenvalue weighted by molar-refractivity contribution is -0.122. The van der Waals surface area contributed by atoms with Gasteiger partial charge in [0.15, 0.2) is 0 Å². The predicted molar refractivity (Wildman–Crippen MR) is 74.6 cm³/mol. The van der Waals surface area contributed by atoms with Crippen molar-refractivity contribution in [1.29, 1.82) is 0 Å². The monoisotopic (exact) mass is 312 g/mol. The Balaban J connectivity index is 2.32. The quantitative estimate of drug-likeness (QED) is 0.890. The molecule has 18 heavy (non-hydrogen) atoms. The third-order valence-electron chi connectivity index (χ3n) is 3.12. The molecular formula is C13H17BrN2O2. The van der Waals surface area contributed by atoms with Gasteiger partial charge in [0.05, 0.1) is 5.69 Å². The molecule has 0 aliphatic carbocycles. The molecule has 1 amide bonds. The van der Waals surface area contributed by atoms with E-state index in [-0.39, 0.29) is 18.6 Å². The van der Waals surface area contributed by atoms with Gasteiger partial charge in [-0.3, -0.25) is 4.79 Å². The molecule has 0 radical (unpaired) electrons. The Labute approximate surface area is 115 Å². The number of carbonyl (C=O) groups is 1. The largest absolute Gasteiger partial charge is 0.396 e. The fourth-order valence-electron chi connectivity index (χ4n) is 2.26. The molecule has 0 bridgehead atoms. The van der Waals surface area contributed by atoms with E-state index in [1.165, 1.54) is 0 Å². The summed E-state index contributed by atoms with van der Waals surface area (Å²) >= 11 is 3.52. The molecule has 1 atom stereocenters. The number of carbonyl (C=O) groups excluding carboxylic acids is 1. The van der Waals surface area contributed by atoms with Crippen LogP contribution in [0.15, 0.2) is 28.7 Å². The van der Waals surface area contributed by atoms with Gasteiger partial charge in [-0.2, -0.15) is 0 Å². The van der Waals surface area contributed by atoms with Crippen LogP contribution >= 0.6 is 15.9 Å². The first-order valence-corrected chi connectivity index (χ1v) is 6.93. The maximum Gasteiger partial charge on any atom is 0.242 e. The first kappa shape index (κ1) is 13.4. The van der Waals surface area contributed by atoms with E-state index in [4.69, 9.17) is 5.11 Å². The molecule has 0 saturated carbocycles. The van der Waals surface area contributed by atoms with Gasteiger partial charge in [-0.1, -0.05) is 12.1 Å². The second-order valence-electron chi connectivity index (χ2n) is 4.32. The molecule has 1 saturated heterocycles. The molecule has 98 valence electrons. The molecule has 4 nitrogen and oxygen atoms in total. The summed E-state index contributed by atoms with van der Waals surface area (Å²) in [5.41, 5.74) is 1.01. The number of rotatable bonds is 3. The van der Waals surface area contributed by atoms with Crippen molar-refractivity contribution in [2.45, 2.75) is 18.9 Å². The van der Waals surface area contributed by atoms with Crippen LogP contribution < -0.4 is 10.2 Å². The van der Waals surface area contributed by atoms with Crippen LogP contribution in [0.4, 0.5) is 5.69 Å². The van der Waals surface area contributed by atoms with Crippen molar-refractivity contribution >= 4 is 27.5 Å². The lowest BCUT2D eigenvalue weighted by Gasteiger charge is -2.30. The van der Waals surface area contributed by atoms with Crippen molar-refractivity contribution in [3.63, 3.8) is 0 Å². The van der Waals surface area contributed by atoms with Crippen LogP contribution in [-0.4, -0.2) is 36.8 Å². The molecule has 1 aliphatic rings. The smallest absolute Gasteiger partial charge is 0.242 e. The van der Waals surface area contributed by atoms with Gasteiger partial charge in [0.1, 0.15) is 6.04 Å². The average molecular weight is 313 g/mol. The van der Waals surface area contributed by atoms with Gasteiger partial charge in [-0.05, 0) is 40.9 Å². The summed E-state index contributed by atoms with van der Waals surface area (Å²) in [5.74, 6) is -0.00250. The van der Waals surface area contributed by atoms with Crippen LogP contribution in [0.1, 0.15) is 12.8 Å². The van der Waals surface area contributed by atoms with Gasteiger partial charge in [-0.15, -0.1) is 0 Å². The highest BCUT2D eigenvalue weighted by atomic mass is 79.9. The third kappa shape index (κ3) is 2.84. The molecule has 1 aromatic carbocycles. The highest BCUT2D eigenvalue weighted by Crippen LogP contribution is 2.29. The second kappa shape index (κ2) is 6.20. The van der Waals surface area contributed by atoms with E-state index < -0.39 is 0 Å². The number of para-hydroxylation sites is 1. The van der Waals surface area contributed by atoms with Crippen molar-refractivity contribution in [3.8, 4) is 0 Å².